The first-order chi connectivity index (χ1) is 10.7. The number of pyridine rings is 1. The molecular weight excluding hydrogens is 280 g/mol. The van der Waals surface area contributed by atoms with E-state index in [1.54, 1.807) is 18.3 Å². The van der Waals surface area contributed by atoms with Crippen LogP contribution in [0, 0.1) is 17.2 Å². The van der Waals surface area contributed by atoms with E-state index in [-0.39, 0.29) is 18.1 Å². The van der Waals surface area contributed by atoms with Crippen molar-refractivity contribution in [1.29, 1.82) is 5.26 Å². The Balaban J connectivity index is 1.53. The van der Waals surface area contributed by atoms with E-state index in [1.165, 1.54) is 0 Å². The monoisotopic (exact) mass is 300 g/mol. The topological polar surface area (TPSA) is 78.3 Å². The van der Waals surface area contributed by atoms with Gasteiger partial charge in [-0.3, -0.25) is 9.69 Å². The molecule has 3 heterocycles. The molecule has 2 fully saturated rings. The zero-order valence-corrected chi connectivity index (χ0v) is 12.7. The number of esters is 1. The second kappa shape index (κ2) is 6.32. The fraction of sp³-hybridized carbons (Fsp3) is 0.562. The second-order valence-corrected chi connectivity index (χ2v) is 6.04. The molecule has 116 valence electrons. The number of hydrogen-bond acceptors (Lipinski definition) is 6. The molecule has 6 nitrogen and oxygen atoms in total. The van der Waals surface area contributed by atoms with E-state index in [0.29, 0.717) is 17.3 Å². The third-order valence-electron chi connectivity index (χ3n) is 4.39. The Hall–Kier alpha value is -2.13. The van der Waals surface area contributed by atoms with Crippen LogP contribution in [0.2, 0.25) is 0 Å². The van der Waals surface area contributed by atoms with Gasteiger partial charge in [0.15, 0.2) is 0 Å². The number of nitrogens with one attached hydrogen (secondary N) is 1. The van der Waals surface area contributed by atoms with Gasteiger partial charge in [-0.25, -0.2) is 4.98 Å². The molecular formula is C16H20N4O2. The van der Waals surface area contributed by atoms with Gasteiger partial charge in [0.2, 0.25) is 0 Å². The highest BCUT2D eigenvalue weighted by molar-refractivity contribution is 5.78. The lowest BCUT2D eigenvalue weighted by atomic mass is 10.1. The van der Waals surface area contributed by atoms with Gasteiger partial charge in [-0.2, -0.15) is 5.26 Å². The van der Waals surface area contributed by atoms with Crippen LogP contribution in [-0.2, 0) is 9.53 Å². The molecule has 0 radical (unpaired) electrons. The van der Waals surface area contributed by atoms with E-state index in [1.807, 2.05) is 6.92 Å². The number of carbonyl (C=O) groups excluding carboxylic acids is 1. The van der Waals surface area contributed by atoms with Crippen molar-refractivity contribution in [3.8, 4) is 6.07 Å². The minimum atomic E-state index is -0.0856. The van der Waals surface area contributed by atoms with Crippen molar-refractivity contribution < 1.29 is 9.53 Å². The zero-order chi connectivity index (χ0) is 15.5. The average molecular weight is 300 g/mol. The van der Waals surface area contributed by atoms with Crippen LogP contribution < -0.4 is 5.32 Å². The number of carbonyl (C=O) groups is 1. The van der Waals surface area contributed by atoms with Gasteiger partial charge in [0, 0.05) is 25.7 Å². The third-order valence-corrected chi connectivity index (χ3v) is 4.39. The highest BCUT2D eigenvalue weighted by Crippen LogP contribution is 2.26. The normalized spacial score (nSPS) is 28.4. The van der Waals surface area contributed by atoms with Gasteiger partial charge in [-0.15, -0.1) is 0 Å². The predicted molar refractivity (Wildman–Crippen MR) is 81.1 cm³/mol. The summed E-state index contributed by atoms with van der Waals surface area (Å²) in [4.78, 5) is 18.2. The summed E-state index contributed by atoms with van der Waals surface area (Å²) >= 11 is 0. The molecule has 0 spiro atoms. The van der Waals surface area contributed by atoms with Crippen LogP contribution in [0.3, 0.4) is 0 Å². The highest BCUT2D eigenvalue weighted by atomic mass is 16.6. The number of likely N-dealkylation sites (tertiary alicyclic amines) is 1. The third kappa shape index (κ3) is 3.04. The number of nitriles is 1. The second-order valence-electron chi connectivity index (χ2n) is 6.04. The Bertz CT molecular complexity index is 598. The fourth-order valence-electron chi connectivity index (χ4n) is 3.22. The van der Waals surface area contributed by atoms with Gasteiger partial charge >= 0.3 is 5.97 Å². The molecule has 2 aliphatic heterocycles. The van der Waals surface area contributed by atoms with E-state index >= 15 is 0 Å². The smallest absolute Gasteiger partial charge is 0.323 e. The molecule has 1 N–H and O–H groups in total. The summed E-state index contributed by atoms with van der Waals surface area (Å²) < 4.78 is 5.24. The van der Waals surface area contributed by atoms with E-state index in [0.717, 1.165) is 32.5 Å². The van der Waals surface area contributed by atoms with E-state index in [9.17, 15) is 4.79 Å². The molecule has 6 heteroatoms. The minimum Gasteiger partial charge on any atom is -0.461 e. The molecule has 2 saturated heterocycles. The number of cyclic esters (lactones) is 1. The van der Waals surface area contributed by atoms with Crippen LogP contribution >= 0.6 is 0 Å². The molecule has 0 saturated carbocycles. The number of hydrogen-bond donors (Lipinski definition) is 1. The Morgan fingerprint density at radius 1 is 1.59 bits per heavy atom. The lowest BCUT2D eigenvalue weighted by Crippen LogP contribution is -2.37. The predicted octanol–water partition coefficient (Wildman–Crippen LogP) is 1.39. The first-order valence-corrected chi connectivity index (χ1v) is 7.71. The lowest BCUT2D eigenvalue weighted by molar-refractivity contribution is -0.144. The van der Waals surface area contributed by atoms with Gasteiger partial charge in [0.25, 0.3) is 0 Å². The standard InChI is InChI=1S/C16H20N4O2/c1-11-7-14(16(21)22-11)20-6-4-12(10-20)9-19-15-13(8-17)3-2-5-18-15/h2-3,5,11-12,14H,4,6-7,9-10H2,1H3,(H,18,19)/t11-,12-,14+/m1/s1. The van der Waals surface area contributed by atoms with Crippen molar-refractivity contribution in [2.45, 2.75) is 31.9 Å². The van der Waals surface area contributed by atoms with Crippen LogP contribution in [0.25, 0.3) is 0 Å². The fourth-order valence-corrected chi connectivity index (χ4v) is 3.22. The summed E-state index contributed by atoms with van der Waals surface area (Å²) in [6.07, 6.45) is 3.54. The first kappa shape index (κ1) is 14.8. The van der Waals surface area contributed by atoms with Gasteiger partial charge in [-0.05, 0) is 37.9 Å². The Morgan fingerprint density at radius 3 is 3.18 bits per heavy atom. The lowest BCUT2D eigenvalue weighted by Gasteiger charge is -2.20. The molecule has 3 atom stereocenters. The summed E-state index contributed by atoms with van der Waals surface area (Å²) in [5.41, 5.74) is 0.561. The van der Waals surface area contributed by atoms with E-state index < -0.39 is 0 Å². The molecule has 1 aromatic heterocycles. The van der Waals surface area contributed by atoms with Crippen LogP contribution in [-0.4, -0.2) is 47.6 Å². The maximum atomic E-state index is 11.8. The van der Waals surface area contributed by atoms with Crippen LogP contribution in [0.1, 0.15) is 25.3 Å². The zero-order valence-electron chi connectivity index (χ0n) is 12.7. The number of anilines is 1. The summed E-state index contributed by atoms with van der Waals surface area (Å²) in [7, 11) is 0. The molecule has 2 aliphatic rings. The number of ether oxygens (including phenoxy) is 1. The van der Waals surface area contributed by atoms with Crippen LogP contribution in [0.5, 0.6) is 0 Å². The van der Waals surface area contributed by atoms with Crippen molar-refractivity contribution in [3.05, 3.63) is 23.9 Å². The minimum absolute atomic E-state index is 0.0291. The van der Waals surface area contributed by atoms with Crippen molar-refractivity contribution in [2.24, 2.45) is 5.92 Å². The van der Waals surface area contributed by atoms with Gasteiger partial charge in [0.1, 0.15) is 24.0 Å². The SMILES string of the molecule is C[C@@H]1C[C@H](N2CC[C@H](CNc3ncccc3C#N)C2)C(=O)O1. The average Bonchev–Trinajstić information content (AvgIpc) is 3.11. The quantitative estimate of drug-likeness (QED) is 0.847. The van der Waals surface area contributed by atoms with Crippen LogP contribution in [0.15, 0.2) is 18.3 Å². The highest BCUT2D eigenvalue weighted by Gasteiger charge is 2.39. The molecule has 0 aromatic carbocycles. The molecule has 0 aliphatic carbocycles. The maximum absolute atomic E-state index is 11.8. The maximum Gasteiger partial charge on any atom is 0.323 e. The van der Waals surface area contributed by atoms with Gasteiger partial charge in [0.05, 0.1) is 5.56 Å². The van der Waals surface area contributed by atoms with E-state index in [4.69, 9.17) is 10.00 Å². The van der Waals surface area contributed by atoms with Crippen molar-refractivity contribution >= 4 is 11.8 Å². The molecule has 22 heavy (non-hydrogen) atoms. The Labute approximate surface area is 130 Å². The molecule has 3 rings (SSSR count). The van der Waals surface area contributed by atoms with Crippen molar-refractivity contribution in [2.75, 3.05) is 25.0 Å². The van der Waals surface area contributed by atoms with E-state index in [2.05, 4.69) is 21.3 Å². The largest absolute Gasteiger partial charge is 0.461 e. The summed E-state index contributed by atoms with van der Waals surface area (Å²) in [6, 6.07) is 5.57. The number of aromatic nitrogens is 1. The van der Waals surface area contributed by atoms with Crippen molar-refractivity contribution in [1.82, 2.24) is 9.88 Å². The van der Waals surface area contributed by atoms with Crippen molar-refractivity contribution in [3.63, 3.8) is 0 Å². The summed E-state index contributed by atoms with van der Waals surface area (Å²) in [5.74, 6) is 1.01. The van der Waals surface area contributed by atoms with Gasteiger partial charge in [-0.1, -0.05) is 0 Å². The molecule has 0 amide bonds. The number of rotatable bonds is 4. The molecule has 0 unspecified atom stereocenters. The Kier molecular flexibility index (Phi) is 4.25. The first-order valence-electron chi connectivity index (χ1n) is 7.71. The molecule has 0 bridgehead atoms. The van der Waals surface area contributed by atoms with Crippen LogP contribution in [0.4, 0.5) is 5.82 Å². The summed E-state index contributed by atoms with van der Waals surface area (Å²) in [6.45, 7) is 4.51. The molecule has 1 aromatic rings. The van der Waals surface area contributed by atoms with Gasteiger partial charge < -0.3 is 10.1 Å². The summed E-state index contributed by atoms with van der Waals surface area (Å²) in [5, 5.41) is 12.3. The number of nitrogens with zero attached hydrogens (tertiary/aromatic N) is 3. The Morgan fingerprint density at radius 2 is 2.45 bits per heavy atom.